The Balaban J connectivity index is 1.80. The molecule has 1 aliphatic heterocycles. The number of rotatable bonds is 5. The first-order valence-corrected chi connectivity index (χ1v) is 8.26. The Hall–Kier alpha value is -2.04. The molecule has 1 aromatic carbocycles. The molecule has 0 unspecified atom stereocenters. The van der Waals surface area contributed by atoms with Crippen LogP contribution in [0, 0.1) is 19.8 Å². The molecular formula is C18H26N2O3. The molecule has 23 heavy (non-hydrogen) atoms. The van der Waals surface area contributed by atoms with E-state index in [1.54, 1.807) is 0 Å². The lowest BCUT2D eigenvalue weighted by Crippen LogP contribution is -2.43. The smallest absolute Gasteiger partial charge is 0.309 e. The number of likely N-dealkylation sites (tertiary alicyclic amines) is 1. The topological polar surface area (TPSA) is 58.6 Å². The third-order valence-corrected chi connectivity index (χ3v) is 4.13. The number of ether oxygens (including phenoxy) is 1. The van der Waals surface area contributed by atoms with Crippen molar-refractivity contribution in [2.24, 2.45) is 5.92 Å². The predicted octanol–water partition coefficient (Wildman–Crippen LogP) is 2.52. The minimum Gasteiger partial charge on any atom is -0.466 e. The van der Waals surface area contributed by atoms with Crippen molar-refractivity contribution in [1.29, 1.82) is 0 Å². The quantitative estimate of drug-likeness (QED) is 0.848. The second-order valence-electron chi connectivity index (χ2n) is 6.14. The summed E-state index contributed by atoms with van der Waals surface area (Å²) in [6.45, 7) is 7.84. The van der Waals surface area contributed by atoms with Crippen LogP contribution < -0.4 is 5.32 Å². The van der Waals surface area contributed by atoms with Gasteiger partial charge in [0.15, 0.2) is 0 Å². The predicted molar refractivity (Wildman–Crippen MR) is 90.3 cm³/mol. The summed E-state index contributed by atoms with van der Waals surface area (Å²) in [5.41, 5.74) is 3.32. The van der Waals surface area contributed by atoms with Gasteiger partial charge in [0, 0.05) is 18.8 Å². The SMILES string of the molecule is CCOC(=O)C1CCN(C(=O)CNc2cc(C)cc(C)c2)CC1. The molecule has 1 aromatic rings. The molecule has 0 radical (unpaired) electrons. The maximum absolute atomic E-state index is 12.3. The summed E-state index contributed by atoms with van der Waals surface area (Å²) in [6.07, 6.45) is 1.38. The molecule has 2 rings (SSSR count). The highest BCUT2D eigenvalue weighted by molar-refractivity contribution is 5.81. The zero-order chi connectivity index (χ0) is 16.8. The zero-order valence-electron chi connectivity index (χ0n) is 14.2. The highest BCUT2D eigenvalue weighted by atomic mass is 16.5. The Morgan fingerprint density at radius 1 is 1.17 bits per heavy atom. The Labute approximate surface area is 138 Å². The van der Waals surface area contributed by atoms with Crippen molar-refractivity contribution in [2.75, 3.05) is 31.6 Å². The van der Waals surface area contributed by atoms with E-state index >= 15 is 0 Å². The van der Waals surface area contributed by atoms with Crippen LogP contribution in [-0.2, 0) is 14.3 Å². The standard InChI is InChI=1S/C18H26N2O3/c1-4-23-18(22)15-5-7-20(8-6-15)17(21)12-19-16-10-13(2)9-14(3)11-16/h9-11,15,19H,4-8,12H2,1-3H3. The molecule has 126 valence electrons. The Kier molecular flexibility index (Phi) is 6.02. The van der Waals surface area contributed by atoms with Gasteiger partial charge in [-0.2, -0.15) is 0 Å². The lowest BCUT2D eigenvalue weighted by atomic mass is 9.97. The molecule has 1 heterocycles. The summed E-state index contributed by atoms with van der Waals surface area (Å²) in [5, 5.41) is 3.19. The number of esters is 1. The van der Waals surface area contributed by atoms with Crippen LogP contribution in [0.3, 0.4) is 0 Å². The van der Waals surface area contributed by atoms with Crippen molar-refractivity contribution in [1.82, 2.24) is 4.90 Å². The molecule has 0 aromatic heterocycles. The summed E-state index contributed by atoms with van der Waals surface area (Å²) >= 11 is 0. The number of nitrogens with one attached hydrogen (secondary N) is 1. The summed E-state index contributed by atoms with van der Waals surface area (Å²) in [5.74, 6) is -0.120. The van der Waals surface area contributed by atoms with Gasteiger partial charge in [0.2, 0.25) is 5.91 Å². The number of nitrogens with zero attached hydrogens (tertiary/aromatic N) is 1. The molecule has 0 spiro atoms. The van der Waals surface area contributed by atoms with Crippen molar-refractivity contribution in [3.05, 3.63) is 29.3 Å². The first kappa shape index (κ1) is 17.3. The maximum Gasteiger partial charge on any atom is 0.309 e. The van der Waals surface area contributed by atoms with E-state index in [9.17, 15) is 9.59 Å². The molecule has 0 bridgehead atoms. The van der Waals surface area contributed by atoms with Gasteiger partial charge in [-0.25, -0.2) is 0 Å². The Bertz CT molecular complexity index is 543. The van der Waals surface area contributed by atoms with E-state index in [2.05, 4.69) is 11.4 Å². The van der Waals surface area contributed by atoms with Crippen LogP contribution >= 0.6 is 0 Å². The minimum absolute atomic E-state index is 0.0635. The van der Waals surface area contributed by atoms with Gasteiger partial charge in [-0.1, -0.05) is 6.07 Å². The Morgan fingerprint density at radius 3 is 2.35 bits per heavy atom. The highest BCUT2D eigenvalue weighted by Gasteiger charge is 2.27. The van der Waals surface area contributed by atoms with Gasteiger partial charge in [-0.05, 0) is 56.9 Å². The number of carbonyl (C=O) groups is 2. The monoisotopic (exact) mass is 318 g/mol. The lowest BCUT2D eigenvalue weighted by molar-refractivity contribution is -0.151. The molecule has 1 amide bonds. The van der Waals surface area contributed by atoms with E-state index in [1.165, 1.54) is 11.1 Å². The van der Waals surface area contributed by atoms with E-state index in [1.807, 2.05) is 37.8 Å². The molecule has 0 saturated carbocycles. The minimum atomic E-state index is -0.132. The number of carbonyl (C=O) groups excluding carboxylic acids is 2. The average Bonchev–Trinajstić information content (AvgIpc) is 2.52. The number of aryl methyl sites for hydroxylation is 2. The molecule has 1 N–H and O–H groups in total. The van der Waals surface area contributed by atoms with Crippen molar-refractivity contribution in [3.63, 3.8) is 0 Å². The molecule has 1 fully saturated rings. The van der Waals surface area contributed by atoms with Gasteiger partial charge in [-0.15, -0.1) is 0 Å². The van der Waals surface area contributed by atoms with Crippen LogP contribution in [0.1, 0.15) is 30.9 Å². The number of hydrogen-bond donors (Lipinski definition) is 1. The van der Waals surface area contributed by atoms with Gasteiger partial charge >= 0.3 is 5.97 Å². The fourth-order valence-electron chi connectivity index (χ4n) is 2.99. The molecule has 5 nitrogen and oxygen atoms in total. The fourth-order valence-corrected chi connectivity index (χ4v) is 2.99. The highest BCUT2D eigenvalue weighted by Crippen LogP contribution is 2.19. The molecule has 0 atom stereocenters. The number of amides is 1. The van der Waals surface area contributed by atoms with Crippen LogP contribution in [0.15, 0.2) is 18.2 Å². The second-order valence-corrected chi connectivity index (χ2v) is 6.14. The third kappa shape index (κ3) is 4.98. The normalized spacial score (nSPS) is 15.3. The van der Waals surface area contributed by atoms with Gasteiger partial charge in [0.05, 0.1) is 19.1 Å². The van der Waals surface area contributed by atoms with Gasteiger partial charge < -0.3 is 15.0 Å². The van der Waals surface area contributed by atoms with Crippen molar-refractivity contribution in [2.45, 2.75) is 33.6 Å². The van der Waals surface area contributed by atoms with Crippen molar-refractivity contribution >= 4 is 17.6 Å². The van der Waals surface area contributed by atoms with Crippen LogP contribution in [-0.4, -0.2) is 43.0 Å². The fraction of sp³-hybridized carbons (Fsp3) is 0.556. The molecule has 5 heteroatoms. The van der Waals surface area contributed by atoms with Crippen LogP contribution in [0.25, 0.3) is 0 Å². The van der Waals surface area contributed by atoms with E-state index in [0.717, 1.165) is 5.69 Å². The van der Waals surface area contributed by atoms with Crippen LogP contribution in [0.5, 0.6) is 0 Å². The summed E-state index contributed by atoms with van der Waals surface area (Å²) in [7, 11) is 0. The summed E-state index contributed by atoms with van der Waals surface area (Å²) in [4.78, 5) is 25.8. The summed E-state index contributed by atoms with van der Waals surface area (Å²) < 4.78 is 5.05. The van der Waals surface area contributed by atoms with E-state index < -0.39 is 0 Å². The number of piperidine rings is 1. The first-order chi connectivity index (χ1) is 11.0. The van der Waals surface area contributed by atoms with E-state index in [0.29, 0.717) is 32.5 Å². The van der Waals surface area contributed by atoms with Crippen molar-refractivity contribution in [3.8, 4) is 0 Å². The lowest BCUT2D eigenvalue weighted by Gasteiger charge is -2.31. The summed E-state index contributed by atoms with van der Waals surface area (Å²) in [6, 6.07) is 6.17. The average molecular weight is 318 g/mol. The van der Waals surface area contributed by atoms with Gasteiger partial charge in [0.1, 0.15) is 0 Å². The van der Waals surface area contributed by atoms with Gasteiger partial charge in [-0.3, -0.25) is 9.59 Å². The number of benzene rings is 1. The van der Waals surface area contributed by atoms with E-state index in [-0.39, 0.29) is 24.3 Å². The molecular weight excluding hydrogens is 292 g/mol. The third-order valence-electron chi connectivity index (χ3n) is 4.13. The molecule has 0 aliphatic carbocycles. The van der Waals surface area contributed by atoms with Gasteiger partial charge in [0.25, 0.3) is 0 Å². The first-order valence-electron chi connectivity index (χ1n) is 8.26. The number of hydrogen-bond acceptors (Lipinski definition) is 4. The van der Waals surface area contributed by atoms with Crippen LogP contribution in [0.4, 0.5) is 5.69 Å². The maximum atomic E-state index is 12.3. The largest absolute Gasteiger partial charge is 0.466 e. The van der Waals surface area contributed by atoms with Crippen molar-refractivity contribution < 1.29 is 14.3 Å². The zero-order valence-corrected chi connectivity index (χ0v) is 14.2. The van der Waals surface area contributed by atoms with E-state index in [4.69, 9.17) is 4.74 Å². The molecule has 1 aliphatic rings. The molecule has 1 saturated heterocycles. The Morgan fingerprint density at radius 2 is 1.78 bits per heavy atom. The van der Waals surface area contributed by atoms with Crippen LogP contribution in [0.2, 0.25) is 0 Å². The number of anilines is 1. The second kappa shape index (κ2) is 7.99.